The predicted octanol–water partition coefficient (Wildman–Crippen LogP) is 8.63. The van der Waals surface area contributed by atoms with Crippen LogP contribution in [0, 0.1) is 0 Å². The molecule has 0 fully saturated rings. The van der Waals surface area contributed by atoms with Crippen molar-refractivity contribution < 1.29 is 22.8 Å². The lowest BCUT2D eigenvalue weighted by Crippen LogP contribution is -2.47. The molecule has 0 aliphatic heterocycles. The highest BCUT2D eigenvalue weighted by molar-refractivity contribution is 6.76. The van der Waals surface area contributed by atoms with Crippen LogP contribution >= 0.6 is 0 Å². The van der Waals surface area contributed by atoms with E-state index in [1.807, 2.05) is 0 Å². The molecule has 0 aliphatic rings. The highest BCUT2D eigenvalue weighted by atomic mass is 28.4. The quantitative estimate of drug-likeness (QED) is 0.263. The molecule has 0 unspecified atom stereocenters. The van der Waals surface area contributed by atoms with Crippen LogP contribution in [0.3, 0.4) is 0 Å². The molecule has 0 aromatic heterocycles. The van der Waals surface area contributed by atoms with Crippen LogP contribution in [-0.4, -0.2) is 38.0 Å². The van der Waals surface area contributed by atoms with Gasteiger partial charge in [0.15, 0.2) is 5.75 Å². The molecule has 1 aromatic carbocycles. The summed E-state index contributed by atoms with van der Waals surface area (Å²) in [4.78, 5) is 12.7. The van der Waals surface area contributed by atoms with Crippen LogP contribution in [-0.2, 0) is 4.74 Å². The van der Waals surface area contributed by atoms with Gasteiger partial charge < -0.3 is 18.0 Å². The van der Waals surface area contributed by atoms with Crippen LogP contribution in [0.15, 0.2) is 12.1 Å². The van der Waals surface area contributed by atoms with Gasteiger partial charge in [-0.05, 0) is 66.5 Å². The van der Waals surface area contributed by atoms with Gasteiger partial charge in [-0.3, -0.25) is 0 Å². The van der Waals surface area contributed by atoms with Crippen LogP contribution in [0.25, 0.3) is 0 Å². The summed E-state index contributed by atoms with van der Waals surface area (Å²) in [6, 6.07) is 3.54. The Bertz CT molecular complexity index is 836. The van der Waals surface area contributed by atoms with Gasteiger partial charge in [-0.1, -0.05) is 62.3 Å². The zero-order valence-electron chi connectivity index (χ0n) is 24.7. The van der Waals surface area contributed by atoms with E-state index in [4.69, 9.17) is 18.0 Å². The van der Waals surface area contributed by atoms with E-state index in [1.165, 1.54) is 7.11 Å². The first-order valence-corrected chi connectivity index (χ1v) is 20.9. The number of benzene rings is 1. The highest BCUT2D eigenvalue weighted by Crippen LogP contribution is 2.49. The molecule has 0 bridgehead atoms. The molecule has 0 radical (unpaired) electrons. The Hall–Kier alpha value is -1.26. The molecule has 0 spiro atoms. The maximum atomic E-state index is 12.7. The Morgan fingerprint density at radius 3 is 1.18 bits per heavy atom. The monoisotopic (exact) mass is 526 g/mol. The maximum Gasteiger partial charge on any atom is 0.338 e. The van der Waals surface area contributed by atoms with E-state index in [0.29, 0.717) is 22.8 Å². The van der Waals surface area contributed by atoms with Gasteiger partial charge in [0, 0.05) is 0 Å². The molecule has 0 heterocycles. The minimum atomic E-state index is -2.25. The Balaban J connectivity index is 3.95. The van der Waals surface area contributed by atoms with Crippen molar-refractivity contribution in [3.63, 3.8) is 0 Å². The van der Waals surface area contributed by atoms with Crippen molar-refractivity contribution in [2.75, 3.05) is 7.11 Å². The van der Waals surface area contributed by atoms with Gasteiger partial charge in [-0.15, -0.1) is 0 Å². The van der Waals surface area contributed by atoms with Crippen LogP contribution in [0.4, 0.5) is 0 Å². The number of methoxy groups -OCH3 is 1. The van der Waals surface area contributed by atoms with E-state index >= 15 is 0 Å². The van der Waals surface area contributed by atoms with E-state index in [0.717, 1.165) is 0 Å². The lowest BCUT2D eigenvalue weighted by molar-refractivity contribution is 0.0600. The maximum absolute atomic E-state index is 12.7. The average molecular weight is 527 g/mol. The molecule has 5 nitrogen and oxygen atoms in total. The SMILES string of the molecule is COC(=O)c1cc(O[Si](C)(C)C(C)(C)C)c(O[Si](C)(C)C(C)(C)C)c(O[Si](C)(C)C(C)(C)C)c1. The molecule has 34 heavy (non-hydrogen) atoms. The number of hydrogen-bond acceptors (Lipinski definition) is 5. The Kier molecular flexibility index (Phi) is 8.74. The number of hydrogen-bond donors (Lipinski definition) is 0. The van der Waals surface area contributed by atoms with E-state index in [-0.39, 0.29) is 15.1 Å². The molecule has 0 saturated carbocycles. The number of carbonyl (C=O) groups is 1. The summed E-state index contributed by atoms with van der Waals surface area (Å²) in [5, 5.41) is -0.0670. The van der Waals surface area contributed by atoms with Gasteiger partial charge >= 0.3 is 5.97 Å². The van der Waals surface area contributed by atoms with Gasteiger partial charge in [0.05, 0.1) is 12.7 Å². The highest BCUT2D eigenvalue weighted by Gasteiger charge is 2.45. The normalized spacial score (nSPS) is 14.0. The van der Waals surface area contributed by atoms with Crippen LogP contribution in [0.2, 0.25) is 54.4 Å². The number of rotatable bonds is 7. The standard InChI is InChI=1S/C26H50O5Si3/c1-24(2,3)32(11,12)29-20-17-19(23(27)28-10)18-21(30-33(13,14)25(4,5)6)22(20)31-34(15,16)26(7,8)9/h17-18H,1-16H3. The fourth-order valence-electron chi connectivity index (χ4n) is 2.33. The third-order valence-corrected chi connectivity index (χ3v) is 21.0. The zero-order valence-corrected chi connectivity index (χ0v) is 27.7. The molecule has 1 rings (SSSR count). The summed E-state index contributed by atoms with van der Waals surface area (Å²) < 4.78 is 25.6. The van der Waals surface area contributed by atoms with Gasteiger partial charge in [-0.25, -0.2) is 4.79 Å². The molecule has 0 atom stereocenters. The van der Waals surface area contributed by atoms with Gasteiger partial charge in [-0.2, -0.15) is 0 Å². The third-order valence-electron chi connectivity index (χ3n) is 7.95. The molecule has 0 N–H and O–H groups in total. The Morgan fingerprint density at radius 2 is 0.912 bits per heavy atom. The Labute approximate surface area is 212 Å². The van der Waals surface area contributed by atoms with E-state index in [1.54, 1.807) is 12.1 Å². The third kappa shape index (κ3) is 6.91. The van der Waals surface area contributed by atoms with Crippen molar-refractivity contribution in [1.82, 2.24) is 0 Å². The van der Waals surface area contributed by atoms with Crippen LogP contribution < -0.4 is 13.3 Å². The second-order valence-electron chi connectivity index (χ2n) is 13.9. The summed E-state index contributed by atoms with van der Waals surface area (Å²) in [6.07, 6.45) is 0. The number of esters is 1. The van der Waals surface area contributed by atoms with Gasteiger partial charge in [0.2, 0.25) is 0 Å². The lowest BCUT2D eigenvalue weighted by Gasteiger charge is -2.42. The smallest absolute Gasteiger partial charge is 0.338 e. The predicted molar refractivity (Wildman–Crippen MR) is 151 cm³/mol. The summed E-state index contributed by atoms with van der Waals surface area (Å²) in [5.41, 5.74) is 0.410. The van der Waals surface area contributed by atoms with Crippen molar-refractivity contribution in [2.45, 2.75) is 117 Å². The first kappa shape index (κ1) is 30.8. The fraction of sp³-hybridized carbons (Fsp3) is 0.731. The minimum absolute atomic E-state index is 0.0174. The van der Waals surface area contributed by atoms with Crippen molar-refractivity contribution in [2.24, 2.45) is 0 Å². The summed E-state index contributed by atoms with van der Waals surface area (Å²) in [5.74, 6) is 1.36. The van der Waals surface area contributed by atoms with E-state index < -0.39 is 30.9 Å². The van der Waals surface area contributed by atoms with Crippen molar-refractivity contribution in [1.29, 1.82) is 0 Å². The molecular weight excluding hydrogens is 477 g/mol. The van der Waals surface area contributed by atoms with Crippen molar-refractivity contribution in [3.05, 3.63) is 17.7 Å². The largest absolute Gasteiger partial charge is 0.541 e. The molecular formula is C26H50O5Si3. The second kappa shape index (κ2) is 9.65. The molecule has 196 valence electrons. The lowest BCUT2D eigenvalue weighted by atomic mass is 10.2. The fourth-order valence-corrected chi connectivity index (χ4v) is 5.36. The van der Waals surface area contributed by atoms with E-state index in [2.05, 4.69) is 102 Å². The minimum Gasteiger partial charge on any atom is -0.541 e. The topological polar surface area (TPSA) is 54.0 Å². The summed E-state index contributed by atoms with van der Waals surface area (Å²) in [7, 11) is -5.35. The van der Waals surface area contributed by atoms with Crippen LogP contribution in [0.5, 0.6) is 17.2 Å². The molecule has 0 saturated heterocycles. The first-order valence-electron chi connectivity index (χ1n) is 12.2. The second-order valence-corrected chi connectivity index (χ2v) is 28.1. The first-order chi connectivity index (χ1) is 14.9. The molecule has 1 aromatic rings. The van der Waals surface area contributed by atoms with Crippen molar-refractivity contribution >= 4 is 30.9 Å². The van der Waals surface area contributed by atoms with E-state index in [9.17, 15) is 4.79 Å². The Morgan fingerprint density at radius 1 is 0.618 bits per heavy atom. The van der Waals surface area contributed by atoms with Crippen molar-refractivity contribution in [3.8, 4) is 17.2 Å². The summed E-state index contributed by atoms with van der Waals surface area (Å²) >= 11 is 0. The number of carbonyl (C=O) groups excluding carboxylic acids is 1. The molecule has 0 aliphatic carbocycles. The molecule has 8 heteroatoms. The zero-order chi connectivity index (χ0) is 27.1. The summed E-state index contributed by atoms with van der Waals surface area (Å²) in [6.45, 7) is 33.1. The van der Waals surface area contributed by atoms with Gasteiger partial charge in [0.25, 0.3) is 25.0 Å². The number of ether oxygens (including phenoxy) is 1. The average Bonchev–Trinajstić information content (AvgIpc) is 2.59. The van der Waals surface area contributed by atoms with Gasteiger partial charge in [0.1, 0.15) is 11.5 Å². The van der Waals surface area contributed by atoms with Crippen LogP contribution in [0.1, 0.15) is 72.7 Å². The molecule has 0 amide bonds.